The normalized spacial score (nSPS) is 11.5. The highest BCUT2D eigenvalue weighted by Crippen LogP contribution is 2.38. The maximum atomic E-state index is 2.46. The summed E-state index contributed by atoms with van der Waals surface area (Å²) in [6.45, 7) is 11.2. The minimum atomic E-state index is 1.15. The average Bonchev–Trinajstić information content (AvgIpc) is 3.35. The molecule has 0 N–H and O–H groups in total. The number of unbranched alkanes of at least 4 members (excludes halogenated alkanes) is 2. The van der Waals surface area contributed by atoms with Crippen LogP contribution in [0.3, 0.4) is 0 Å². The second-order valence-electron chi connectivity index (χ2n) is 12.1. The molecule has 0 spiro atoms. The van der Waals surface area contributed by atoms with Crippen molar-refractivity contribution in [2.45, 2.75) is 73.1 Å². The summed E-state index contributed by atoms with van der Waals surface area (Å²) in [5, 5.41) is 2.60. The molecular formula is C41H43N. The number of benzene rings is 5. The Labute approximate surface area is 251 Å². The van der Waals surface area contributed by atoms with Crippen LogP contribution in [-0.4, -0.2) is 4.57 Å². The van der Waals surface area contributed by atoms with Crippen LogP contribution in [0.1, 0.15) is 67.3 Å². The summed E-state index contributed by atoms with van der Waals surface area (Å²) in [7, 11) is 0. The van der Waals surface area contributed by atoms with Gasteiger partial charge in [-0.1, -0.05) is 87.4 Å². The molecule has 0 atom stereocenters. The molecule has 5 aromatic carbocycles. The fourth-order valence-corrected chi connectivity index (χ4v) is 6.29. The molecule has 0 saturated carbocycles. The van der Waals surface area contributed by atoms with Gasteiger partial charge in [0.15, 0.2) is 0 Å². The predicted octanol–water partition coefficient (Wildman–Crippen LogP) is 11.7. The van der Waals surface area contributed by atoms with E-state index in [1.165, 1.54) is 103 Å². The average molecular weight is 550 g/mol. The van der Waals surface area contributed by atoms with Gasteiger partial charge < -0.3 is 4.57 Å². The van der Waals surface area contributed by atoms with Crippen molar-refractivity contribution in [1.29, 1.82) is 0 Å². The van der Waals surface area contributed by atoms with Crippen molar-refractivity contribution in [3.8, 4) is 27.9 Å². The predicted molar refractivity (Wildman–Crippen MR) is 183 cm³/mol. The van der Waals surface area contributed by atoms with Gasteiger partial charge in [-0.05, 0) is 133 Å². The van der Waals surface area contributed by atoms with Crippen LogP contribution in [0.2, 0.25) is 0 Å². The van der Waals surface area contributed by atoms with Gasteiger partial charge in [0.05, 0.1) is 11.0 Å². The second kappa shape index (κ2) is 12.0. The van der Waals surface area contributed by atoms with Crippen molar-refractivity contribution in [2.75, 3.05) is 0 Å². The van der Waals surface area contributed by atoms with Crippen molar-refractivity contribution < 1.29 is 0 Å². The van der Waals surface area contributed by atoms with Gasteiger partial charge in [0.2, 0.25) is 0 Å². The molecule has 0 radical (unpaired) electrons. The summed E-state index contributed by atoms with van der Waals surface area (Å²) < 4.78 is 2.46. The minimum Gasteiger partial charge on any atom is -0.309 e. The zero-order valence-corrected chi connectivity index (χ0v) is 25.9. The van der Waals surface area contributed by atoms with Crippen molar-refractivity contribution in [3.63, 3.8) is 0 Å². The number of hydrogen-bond acceptors (Lipinski definition) is 0. The fourth-order valence-electron chi connectivity index (χ4n) is 6.29. The molecule has 0 aliphatic heterocycles. The summed E-state index contributed by atoms with van der Waals surface area (Å²) in [6, 6.07) is 37.1. The molecular weight excluding hydrogens is 506 g/mol. The van der Waals surface area contributed by atoms with E-state index in [0.29, 0.717) is 0 Å². The fraction of sp³-hybridized carbons (Fsp3) is 0.268. The maximum absolute atomic E-state index is 2.46. The van der Waals surface area contributed by atoms with Crippen LogP contribution in [0.25, 0.3) is 49.7 Å². The van der Waals surface area contributed by atoms with E-state index in [0.717, 1.165) is 12.8 Å². The number of hydrogen-bond donors (Lipinski definition) is 0. The molecule has 0 aliphatic carbocycles. The number of fused-ring (bicyclic) bond motifs is 3. The first kappa shape index (κ1) is 28.0. The van der Waals surface area contributed by atoms with E-state index in [1.54, 1.807) is 0 Å². The topological polar surface area (TPSA) is 4.93 Å². The maximum Gasteiger partial charge on any atom is 0.0541 e. The Bertz CT molecular complexity index is 1720. The Morgan fingerprint density at radius 2 is 0.881 bits per heavy atom. The number of aromatic nitrogens is 1. The van der Waals surface area contributed by atoms with Crippen LogP contribution in [0.4, 0.5) is 0 Å². The van der Waals surface area contributed by atoms with Gasteiger partial charge in [0.1, 0.15) is 0 Å². The molecule has 212 valence electrons. The van der Waals surface area contributed by atoms with E-state index in [4.69, 9.17) is 0 Å². The van der Waals surface area contributed by atoms with Gasteiger partial charge in [-0.15, -0.1) is 0 Å². The Morgan fingerprint density at radius 1 is 0.476 bits per heavy atom. The first-order valence-corrected chi connectivity index (χ1v) is 15.8. The lowest BCUT2D eigenvalue weighted by Gasteiger charge is -2.13. The minimum absolute atomic E-state index is 1.15. The van der Waals surface area contributed by atoms with Gasteiger partial charge in [0, 0.05) is 16.5 Å². The highest BCUT2D eigenvalue weighted by atomic mass is 15.0. The first-order chi connectivity index (χ1) is 20.5. The number of rotatable bonds is 9. The van der Waals surface area contributed by atoms with Gasteiger partial charge in [-0.25, -0.2) is 0 Å². The zero-order chi connectivity index (χ0) is 29.2. The van der Waals surface area contributed by atoms with Crippen LogP contribution in [0, 0.1) is 20.8 Å². The third-order valence-corrected chi connectivity index (χ3v) is 9.15. The molecule has 0 bridgehead atoms. The van der Waals surface area contributed by atoms with Gasteiger partial charge >= 0.3 is 0 Å². The van der Waals surface area contributed by atoms with E-state index in [2.05, 4.69) is 136 Å². The highest BCUT2D eigenvalue weighted by Gasteiger charge is 2.16. The van der Waals surface area contributed by atoms with Crippen LogP contribution < -0.4 is 0 Å². The quantitative estimate of drug-likeness (QED) is 0.169. The van der Waals surface area contributed by atoms with Crippen LogP contribution in [0.5, 0.6) is 0 Å². The van der Waals surface area contributed by atoms with Gasteiger partial charge in [-0.2, -0.15) is 0 Å². The lowest BCUT2D eigenvalue weighted by atomic mass is 9.98. The Balaban J connectivity index is 1.51. The largest absolute Gasteiger partial charge is 0.309 e. The molecule has 0 unspecified atom stereocenters. The van der Waals surface area contributed by atoms with Crippen molar-refractivity contribution in [2.24, 2.45) is 0 Å². The van der Waals surface area contributed by atoms with Crippen molar-refractivity contribution in [3.05, 3.63) is 125 Å². The zero-order valence-electron chi connectivity index (χ0n) is 25.9. The SMILES string of the molecule is CCCCc1ccc(-c2ccc3c(c2)c2cc(-c4ccc(CCCC)cc4)ccc2n3-c2cc(C)c(C)c(C)c2)cc1. The number of nitrogens with zero attached hydrogens (tertiary/aromatic N) is 1. The van der Waals surface area contributed by atoms with Crippen molar-refractivity contribution in [1.82, 2.24) is 4.57 Å². The summed E-state index contributed by atoms with van der Waals surface area (Å²) >= 11 is 0. The molecule has 42 heavy (non-hydrogen) atoms. The van der Waals surface area contributed by atoms with Crippen LogP contribution >= 0.6 is 0 Å². The first-order valence-electron chi connectivity index (χ1n) is 15.8. The number of aryl methyl sites for hydroxylation is 4. The lowest BCUT2D eigenvalue weighted by Crippen LogP contribution is -1.97. The third kappa shape index (κ3) is 5.41. The molecule has 0 saturated heterocycles. The standard InChI is InChI=1S/C41H43N/c1-6-8-10-31-12-16-33(17-13-31)35-20-22-40-38(26-35)39-27-36(34-18-14-32(15-19-34)11-9-7-2)21-23-41(39)42(40)37-24-28(3)30(5)29(4)25-37/h12-27H,6-11H2,1-5H3. The molecule has 0 fully saturated rings. The summed E-state index contributed by atoms with van der Waals surface area (Å²) in [5.41, 5.74) is 15.7. The molecule has 1 heterocycles. The van der Waals surface area contributed by atoms with E-state index >= 15 is 0 Å². The van der Waals surface area contributed by atoms with Gasteiger partial charge in [0.25, 0.3) is 0 Å². The van der Waals surface area contributed by atoms with E-state index < -0.39 is 0 Å². The smallest absolute Gasteiger partial charge is 0.0541 e. The van der Waals surface area contributed by atoms with E-state index in [-0.39, 0.29) is 0 Å². The second-order valence-corrected chi connectivity index (χ2v) is 12.1. The summed E-state index contributed by atoms with van der Waals surface area (Å²) in [5.74, 6) is 0. The molecule has 0 amide bonds. The molecule has 1 aromatic heterocycles. The van der Waals surface area contributed by atoms with E-state index in [1.807, 2.05) is 0 Å². The molecule has 6 rings (SSSR count). The van der Waals surface area contributed by atoms with Crippen molar-refractivity contribution >= 4 is 21.8 Å². The highest BCUT2D eigenvalue weighted by molar-refractivity contribution is 6.11. The molecule has 0 aliphatic rings. The Kier molecular flexibility index (Phi) is 8.02. The Hall–Kier alpha value is -4.10. The van der Waals surface area contributed by atoms with Gasteiger partial charge in [-0.3, -0.25) is 0 Å². The Morgan fingerprint density at radius 3 is 1.29 bits per heavy atom. The lowest BCUT2D eigenvalue weighted by molar-refractivity contribution is 0.795. The van der Waals surface area contributed by atoms with Crippen LogP contribution in [0.15, 0.2) is 97.1 Å². The molecule has 1 nitrogen and oxygen atoms in total. The third-order valence-electron chi connectivity index (χ3n) is 9.15. The molecule has 6 aromatic rings. The summed E-state index contributed by atoms with van der Waals surface area (Å²) in [4.78, 5) is 0. The van der Waals surface area contributed by atoms with E-state index in [9.17, 15) is 0 Å². The molecule has 1 heteroatoms. The monoisotopic (exact) mass is 549 g/mol. The van der Waals surface area contributed by atoms with Crippen LogP contribution in [-0.2, 0) is 12.8 Å². The summed E-state index contributed by atoms with van der Waals surface area (Å²) in [6.07, 6.45) is 7.25.